The third-order valence-corrected chi connectivity index (χ3v) is 15.6. The second kappa shape index (κ2) is 29.3. The fraction of sp³-hybridized carbons (Fsp3) is 0.197. The Morgan fingerprint density at radius 2 is 0.952 bits per heavy atom. The van der Waals surface area contributed by atoms with Crippen molar-refractivity contribution >= 4 is 70.7 Å². The summed E-state index contributed by atoms with van der Waals surface area (Å²) >= 11 is 3.02. The van der Waals surface area contributed by atoms with E-state index in [1.165, 1.54) is 11.3 Å². The summed E-state index contributed by atoms with van der Waals surface area (Å²) in [5, 5.41) is 74.4. The Kier molecular flexibility index (Phi) is 21.9. The summed E-state index contributed by atoms with van der Waals surface area (Å²) in [7, 11) is 7.11. The van der Waals surface area contributed by atoms with Gasteiger partial charge in [0.15, 0.2) is 40.2 Å². The molecule has 0 bridgehead atoms. The lowest BCUT2D eigenvalue weighted by molar-refractivity contribution is 0.0728. The van der Waals surface area contributed by atoms with Gasteiger partial charge in [-0.05, 0) is 116 Å². The summed E-state index contributed by atoms with van der Waals surface area (Å²) in [5.74, 6) is 1.57. The van der Waals surface area contributed by atoms with E-state index in [-0.39, 0.29) is 47.0 Å². The highest BCUT2D eigenvalue weighted by Crippen LogP contribution is 2.48. The first kappa shape index (κ1) is 62.0. The van der Waals surface area contributed by atoms with Crippen molar-refractivity contribution < 1.29 is 34.0 Å². The zero-order chi connectivity index (χ0) is 60.1. The van der Waals surface area contributed by atoms with Gasteiger partial charge in [0.25, 0.3) is 0 Å². The Bertz CT molecular complexity index is 3800. The SMILES string of the molecule is CC1=C(C#N)C(=C(C#N)C#N)OC1(C)c1ccccc1.COc1cc(N(C)CCO)ccc1/C=C/c1ccc(/C=C/C2=C(C#N)C(=C(C#N)C#N)OC2(C)c2ccccc2)s1.COc1cc(N(C)CCO)ccc1/C=C/c1ccc(C=O)s1. The van der Waals surface area contributed by atoms with E-state index < -0.39 is 11.2 Å². The van der Waals surface area contributed by atoms with Crippen molar-refractivity contribution in [2.75, 3.05) is 64.4 Å². The van der Waals surface area contributed by atoms with E-state index in [0.717, 1.165) is 66.0 Å². The van der Waals surface area contributed by atoms with E-state index in [9.17, 15) is 30.9 Å². The Balaban J connectivity index is 0.000000221. The normalized spacial score (nSPS) is 15.9. The molecule has 2 atom stereocenters. The van der Waals surface area contributed by atoms with Crippen LogP contribution in [0.5, 0.6) is 11.5 Å². The summed E-state index contributed by atoms with van der Waals surface area (Å²) in [6.07, 6.45) is 12.5. The molecule has 83 heavy (non-hydrogen) atoms. The number of likely N-dealkylation sites (N-methyl/N-ethyl adjacent to an activating group) is 2. The average Bonchev–Trinajstić information content (AvgIpc) is 3.52. The van der Waals surface area contributed by atoms with Crippen molar-refractivity contribution in [3.63, 3.8) is 0 Å². The molecule has 0 radical (unpaired) electrons. The van der Waals surface area contributed by atoms with Gasteiger partial charge in [0, 0.05) is 82.0 Å². The van der Waals surface area contributed by atoms with Crippen LogP contribution in [-0.4, -0.2) is 71.1 Å². The van der Waals surface area contributed by atoms with Crippen molar-refractivity contribution in [2.24, 2.45) is 0 Å². The monoisotopic (exact) mass is 1140 g/mol. The number of ether oxygens (including phenoxy) is 4. The predicted octanol–water partition coefficient (Wildman–Crippen LogP) is 12.7. The maximum absolute atomic E-state index is 10.7. The molecule has 17 heteroatoms. The lowest BCUT2D eigenvalue weighted by Crippen LogP contribution is -2.23. The zero-order valence-corrected chi connectivity index (χ0v) is 48.4. The van der Waals surface area contributed by atoms with Gasteiger partial charge in [0.05, 0.1) is 37.9 Å². The minimum absolute atomic E-state index is 0.000764. The molecule has 0 fully saturated rings. The molecule has 2 aromatic heterocycles. The summed E-state index contributed by atoms with van der Waals surface area (Å²) in [6, 6.07) is 49.8. The van der Waals surface area contributed by atoms with Crippen LogP contribution in [0, 0.1) is 68.0 Å². The molecule has 4 aromatic carbocycles. The molecule has 2 unspecified atom stereocenters. The predicted molar refractivity (Wildman–Crippen MR) is 325 cm³/mol. The molecular formula is C66H58N8O7S2. The number of nitrogens with zero attached hydrogens (tertiary/aromatic N) is 8. The van der Waals surface area contributed by atoms with Gasteiger partial charge in [-0.15, -0.1) is 22.7 Å². The second-order valence-electron chi connectivity index (χ2n) is 18.6. The highest BCUT2D eigenvalue weighted by molar-refractivity contribution is 7.14. The number of carbonyl (C=O) groups is 1. The second-order valence-corrected chi connectivity index (χ2v) is 20.9. The van der Waals surface area contributed by atoms with Gasteiger partial charge in [-0.3, -0.25) is 4.79 Å². The van der Waals surface area contributed by atoms with Gasteiger partial charge >= 0.3 is 0 Å². The number of benzene rings is 4. The molecule has 6 aromatic rings. The summed E-state index contributed by atoms with van der Waals surface area (Å²) < 4.78 is 23.0. The number of aldehydes is 1. The first-order valence-corrected chi connectivity index (χ1v) is 27.3. The van der Waals surface area contributed by atoms with E-state index in [2.05, 4.69) is 6.07 Å². The van der Waals surface area contributed by atoms with Crippen molar-refractivity contribution in [3.8, 4) is 47.9 Å². The number of methoxy groups -OCH3 is 2. The molecule has 0 aliphatic carbocycles. The standard InChI is InChI=1S/C33H28N4O3S.C17H19NO3S.C16H11N3O/c1-33(25-7-5-4-6-8-25)30(29(22-36)32(40-33)24(20-34)21-35)16-15-28-14-13-27(41-28)12-10-23-9-11-26(19-31(23)39-3)37(2)17-18-38;1-18(9-10-19)14-5-3-13(17(11-14)21-2)4-6-15-7-8-16(12-20)22-15;1-11-14(10-19)15(12(8-17)9-18)20-16(11,2)13-6-4-3-5-7-13/h4-16,19,38H,17-18H2,1-3H3;3-8,11-12,19H,9-10H2,1-2H3;3-7H,1-2H3/b12-10+,16-15+;6-4+;. The van der Waals surface area contributed by atoms with Crippen LogP contribution in [0.3, 0.4) is 0 Å². The van der Waals surface area contributed by atoms with Gasteiger partial charge < -0.3 is 39.0 Å². The number of rotatable bonds is 17. The van der Waals surface area contributed by atoms with Gasteiger partial charge in [0.2, 0.25) is 0 Å². The molecule has 2 aliphatic rings. The Morgan fingerprint density at radius 3 is 1.35 bits per heavy atom. The molecule has 0 saturated heterocycles. The number of nitriles is 6. The lowest BCUT2D eigenvalue weighted by atomic mass is 9.86. The molecule has 0 spiro atoms. The fourth-order valence-electron chi connectivity index (χ4n) is 8.79. The maximum atomic E-state index is 10.7. The van der Waals surface area contributed by atoms with Crippen LogP contribution in [-0.2, 0) is 20.7 Å². The Labute approximate surface area is 492 Å². The third kappa shape index (κ3) is 14.6. The van der Waals surface area contributed by atoms with Crippen molar-refractivity contribution in [1.29, 1.82) is 31.6 Å². The smallest absolute Gasteiger partial charge is 0.172 e. The van der Waals surface area contributed by atoms with Crippen LogP contribution < -0.4 is 19.3 Å². The summed E-state index contributed by atoms with van der Waals surface area (Å²) in [6.45, 7) is 6.73. The molecule has 2 N–H and O–H groups in total. The first-order valence-electron chi connectivity index (χ1n) is 25.7. The van der Waals surface area contributed by atoms with Gasteiger partial charge in [-0.1, -0.05) is 66.7 Å². The summed E-state index contributed by atoms with van der Waals surface area (Å²) in [5.41, 5.74) is 4.90. The number of aliphatic hydroxyl groups excluding tert-OH is 2. The average molecular weight is 1140 g/mol. The van der Waals surface area contributed by atoms with Crippen LogP contribution >= 0.6 is 22.7 Å². The largest absolute Gasteiger partial charge is 0.496 e. The van der Waals surface area contributed by atoms with E-state index in [4.69, 9.17) is 34.6 Å². The van der Waals surface area contributed by atoms with Gasteiger partial charge in [-0.2, -0.15) is 31.6 Å². The minimum Gasteiger partial charge on any atom is -0.496 e. The molecule has 2 aliphatic heterocycles. The van der Waals surface area contributed by atoms with Crippen LogP contribution in [0.2, 0.25) is 0 Å². The topological polar surface area (TPSA) is 244 Å². The maximum Gasteiger partial charge on any atom is 0.172 e. The minimum atomic E-state index is -1.05. The number of anilines is 2. The quantitative estimate of drug-likeness (QED) is 0.0637. The molecule has 0 amide bonds. The number of hydrogen-bond acceptors (Lipinski definition) is 17. The molecule has 15 nitrogen and oxygen atoms in total. The number of thiophene rings is 2. The first-order chi connectivity index (χ1) is 40.1. The van der Waals surface area contributed by atoms with E-state index in [1.807, 2.05) is 214 Å². The van der Waals surface area contributed by atoms with Gasteiger partial charge in [0.1, 0.15) is 53.5 Å². The Morgan fingerprint density at radius 1 is 0.554 bits per heavy atom. The van der Waals surface area contributed by atoms with Crippen LogP contribution in [0.15, 0.2) is 172 Å². The zero-order valence-electron chi connectivity index (χ0n) is 46.7. The van der Waals surface area contributed by atoms with Crippen molar-refractivity contribution in [3.05, 3.63) is 214 Å². The fourth-order valence-corrected chi connectivity index (χ4v) is 10.3. The Hall–Kier alpha value is -10.2. The van der Waals surface area contributed by atoms with Gasteiger partial charge in [-0.25, -0.2) is 0 Å². The van der Waals surface area contributed by atoms with E-state index in [1.54, 1.807) is 44.6 Å². The molecule has 8 rings (SSSR count). The van der Waals surface area contributed by atoms with Crippen LogP contribution in [0.4, 0.5) is 11.4 Å². The van der Waals surface area contributed by atoms with Crippen molar-refractivity contribution in [1.82, 2.24) is 0 Å². The number of carbonyl (C=O) groups excluding carboxylic acids is 1. The number of allylic oxidation sites excluding steroid dienone is 4. The van der Waals surface area contributed by atoms with Crippen LogP contribution in [0.25, 0.3) is 30.4 Å². The molecule has 416 valence electrons. The highest BCUT2D eigenvalue weighted by Gasteiger charge is 2.44. The number of hydrogen-bond donors (Lipinski definition) is 2. The summed E-state index contributed by atoms with van der Waals surface area (Å²) in [4.78, 5) is 18.3. The molecular weight excluding hydrogens is 1080 g/mol. The van der Waals surface area contributed by atoms with Crippen molar-refractivity contribution in [2.45, 2.75) is 32.0 Å². The molecule has 0 saturated carbocycles. The number of aliphatic hydroxyl groups is 2. The van der Waals surface area contributed by atoms with Crippen LogP contribution in [0.1, 0.15) is 67.3 Å². The molecule has 4 heterocycles. The third-order valence-electron chi connectivity index (χ3n) is 13.6. The van der Waals surface area contributed by atoms with E-state index >= 15 is 0 Å². The van der Waals surface area contributed by atoms with E-state index in [0.29, 0.717) is 29.1 Å². The highest BCUT2D eigenvalue weighted by atomic mass is 32.1. The lowest BCUT2D eigenvalue weighted by Gasteiger charge is -2.27.